The van der Waals surface area contributed by atoms with Crippen molar-refractivity contribution in [3.8, 4) is 5.75 Å². The summed E-state index contributed by atoms with van der Waals surface area (Å²) in [5.41, 5.74) is 0.375. The summed E-state index contributed by atoms with van der Waals surface area (Å²) in [6.45, 7) is 1.56. The van der Waals surface area contributed by atoms with Gasteiger partial charge in [0.25, 0.3) is 5.72 Å². The zero-order valence-electron chi connectivity index (χ0n) is 16.0. The number of sulfonamides is 1. The van der Waals surface area contributed by atoms with Crippen LogP contribution in [0.1, 0.15) is 36.5 Å². The summed E-state index contributed by atoms with van der Waals surface area (Å²) in [4.78, 5) is 12.1. The third kappa shape index (κ3) is 4.93. The largest absolute Gasteiger partial charge is 0.477 e. The van der Waals surface area contributed by atoms with E-state index in [1.807, 2.05) is 24.3 Å². The van der Waals surface area contributed by atoms with Crippen molar-refractivity contribution in [1.82, 2.24) is 4.72 Å². The Balaban J connectivity index is 1.91. The minimum atomic E-state index is -4.09. The van der Waals surface area contributed by atoms with Gasteiger partial charge in [-0.2, -0.15) is 4.72 Å². The maximum Gasteiger partial charge on any atom is 0.364 e. The van der Waals surface area contributed by atoms with Gasteiger partial charge in [-0.1, -0.05) is 61.5 Å². The Labute approximate surface area is 170 Å². The van der Waals surface area contributed by atoms with E-state index >= 15 is 0 Å². The first-order valence-corrected chi connectivity index (χ1v) is 10.9. The van der Waals surface area contributed by atoms with Crippen molar-refractivity contribution in [2.75, 3.05) is 0 Å². The van der Waals surface area contributed by atoms with E-state index in [2.05, 4.69) is 4.72 Å². The lowest BCUT2D eigenvalue weighted by Crippen LogP contribution is -2.58. The summed E-state index contributed by atoms with van der Waals surface area (Å²) in [7, 11) is -4.09. The highest BCUT2D eigenvalue weighted by molar-refractivity contribution is 7.92. The van der Waals surface area contributed by atoms with E-state index in [1.165, 1.54) is 6.08 Å². The molecule has 6 nitrogen and oxygen atoms in total. The minimum Gasteiger partial charge on any atom is -0.477 e. The molecular weight excluding hydrogens is 390 g/mol. The quantitative estimate of drug-likeness (QED) is 0.642. The van der Waals surface area contributed by atoms with Gasteiger partial charge >= 0.3 is 5.97 Å². The molecule has 152 valence electrons. The van der Waals surface area contributed by atoms with Crippen LogP contribution in [0.15, 0.2) is 60.0 Å². The highest BCUT2D eigenvalue weighted by Crippen LogP contribution is 2.31. The maximum absolute atomic E-state index is 12.6. The number of aliphatic carboxylic acids is 1. The molecule has 1 aliphatic carbocycles. The number of carbonyl (C=O) groups is 1. The molecule has 0 saturated carbocycles. The second-order valence-corrected chi connectivity index (χ2v) is 8.28. The Morgan fingerprint density at radius 1 is 1.21 bits per heavy atom. The summed E-state index contributed by atoms with van der Waals surface area (Å²) < 4.78 is 33.3. The molecule has 2 aromatic carbocycles. The summed E-state index contributed by atoms with van der Waals surface area (Å²) in [5.74, 6) is -1.04. The second-order valence-electron chi connectivity index (χ2n) is 6.71. The number of benzene rings is 2. The van der Waals surface area contributed by atoms with Crippen molar-refractivity contribution in [1.29, 1.82) is 0 Å². The highest BCUT2D eigenvalue weighted by atomic mass is 32.2. The van der Waals surface area contributed by atoms with E-state index < -0.39 is 21.7 Å². The van der Waals surface area contributed by atoms with Crippen molar-refractivity contribution >= 4 is 28.1 Å². The van der Waals surface area contributed by atoms with E-state index in [0.29, 0.717) is 17.7 Å². The Kier molecular flexibility index (Phi) is 6.20. The molecule has 0 saturated heterocycles. The molecule has 1 atom stereocenters. The molecule has 0 aliphatic heterocycles. The fourth-order valence-electron chi connectivity index (χ4n) is 3.13. The first kappa shape index (κ1) is 20.8. The van der Waals surface area contributed by atoms with E-state index in [9.17, 15) is 18.3 Å². The molecule has 0 aromatic heterocycles. The number of carboxylic acids is 1. The lowest BCUT2D eigenvalue weighted by atomic mass is 9.96. The topological polar surface area (TPSA) is 92.7 Å². The Morgan fingerprint density at radius 3 is 2.66 bits per heavy atom. The van der Waals surface area contributed by atoms with E-state index in [1.54, 1.807) is 43.3 Å². The molecule has 0 heterocycles. The molecule has 2 N–H and O–H groups in total. The van der Waals surface area contributed by atoms with Crippen molar-refractivity contribution in [2.45, 2.75) is 31.9 Å². The Hall–Kier alpha value is -2.90. The SMILES string of the molecule is CCC(NS(=O)(=O)C=Cc1ccccc1)(Oc1cccc2c1CCC=C2)C(=O)O. The monoisotopic (exact) mass is 413 g/mol. The predicted molar refractivity (Wildman–Crippen MR) is 113 cm³/mol. The molecule has 0 radical (unpaired) electrons. The molecule has 0 fully saturated rings. The standard InChI is InChI=1S/C22H23NO5S/c1-2-22(21(24)25,23-29(26,27)16-15-17-9-4-3-5-10-17)28-20-14-8-12-18-11-6-7-13-19(18)20/h3-6,8-12,14-16,23H,2,7,13H2,1H3,(H,24,25). The van der Waals surface area contributed by atoms with E-state index in [0.717, 1.165) is 23.0 Å². The van der Waals surface area contributed by atoms with Gasteiger partial charge in [0.15, 0.2) is 0 Å². The minimum absolute atomic E-state index is 0.0970. The van der Waals surface area contributed by atoms with Crippen molar-refractivity contribution in [2.24, 2.45) is 0 Å². The van der Waals surface area contributed by atoms with Crippen LogP contribution in [0.4, 0.5) is 0 Å². The molecule has 3 rings (SSSR count). The predicted octanol–water partition coefficient (Wildman–Crippen LogP) is 3.81. The van der Waals surface area contributed by atoms with Gasteiger partial charge in [0.05, 0.1) is 0 Å². The van der Waals surface area contributed by atoms with Gasteiger partial charge in [-0.25, -0.2) is 13.2 Å². The lowest BCUT2D eigenvalue weighted by molar-refractivity contribution is -0.157. The molecule has 0 spiro atoms. The first-order chi connectivity index (χ1) is 13.9. The van der Waals surface area contributed by atoms with E-state index in [-0.39, 0.29) is 6.42 Å². The van der Waals surface area contributed by atoms with E-state index in [4.69, 9.17) is 4.74 Å². The Bertz CT molecular complexity index is 1040. The van der Waals surface area contributed by atoms with Gasteiger partial charge in [-0.3, -0.25) is 0 Å². The summed E-state index contributed by atoms with van der Waals surface area (Å²) >= 11 is 0. The van der Waals surface area contributed by atoms with Crippen LogP contribution in [0.5, 0.6) is 5.75 Å². The van der Waals surface area contributed by atoms with Crippen LogP contribution >= 0.6 is 0 Å². The van der Waals surface area contributed by atoms with Crippen LogP contribution < -0.4 is 9.46 Å². The molecular formula is C22H23NO5S. The molecule has 29 heavy (non-hydrogen) atoms. The maximum atomic E-state index is 12.6. The van der Waals surface area contributed by atoms with Gasteiger partial charge in [0.2, 0.25) is 10.0 Å². The number of hydrogen-bond donors (Lipinski definition) is 2. The number of ether oxygens (including phenoxy) is 1. The highest BCUT2D eigenvalue weighted by Gasteiger charge is 2.43. The van der Waals surface area contributed by atoms with Crippen LogP contribution in [-0.4, -0.2) is 25.2 Å². The molecule has 0 amide bonds. The van der Waals surface area contributed by atoms with Crippen LogP contribution in [0.3, 0.4) is 0 Å². The number of allylic oxidation sites excluding steroid dienone is 1. The van der Waals surface area contributed by atoms with Crippen LogP contribution in [0.25, 0.3) is 12.2 Å². The van der Waals surface area contributed by atoms with Gasteiger partial charge in [-0.15, -0.1) is 0 Å². The fourth-order valence-corrected chi connectivity index (χ4v) is 4.26. The first-order valence-electron chi connectivity index (χ1n) is 9.33. The van der Waals surface area contributed by atoms with Crippen molar-refractivity contribution in [3.63, 3.8) is 0 Å². The van der Waals surface area contributed by atoms with Gasteiger partial charge in [0.1, 0.15) is 5.75 Å². The molecule has 1 aliphatic rings. The molecule has 7 heteroatoms. The third-order valence-corrected chi connectivity index (χ3v) is 5.81. The van der Waals surface area contributed by atoms with Gasteiger partial charge in [-0.05, 0) is 36.1 Å². The van der Waals surface area contributed by atoms with Crippen LogP contribution in [-0.2, 0) is 21.2 Å². The van der Waals surface area contributed by atoms with Crippen molar-refractivity contribution < 1.29 is 23.1 Å². The average molecular weight is 413 g/mol. The smallest absolute Gasteiger partial charge is 0.364 e. The Morgan fingerprint density at radius 2 is 1.97 bits per heavy atom. The lowest BCUT2D eigenvalue weighted by Gasteiger charge is -2.31. The number of nitrogens with one attached hydrogen (secondary N) is 1. The zero-order valence-corrected chi connectivity index (χ0v) is 16.9. The number of rotatable bonds is 8. The summed E-state index contributed by atoms with van der Waals surface area (Å²) in [5, 5.41) is 10.8. The van der Waals surface area contributed by atoms with Crippen LogP contribution in [0, 0.1) is 0 Å². The zero-order chi connectivity index (χ0) is 20.9. The average Bonchev–Trinajstić information content (AvgIpc) is 2.72. The summed E-state index contributed by atoms with van der Waals surface area (Å²) in [6.07, 6.45) is 6.80. The second kappa shape index (κ2) is 8.63. The fraction of sp³-hybridized carbons (Fsp3) is 0.227. The normalized spacial score (nSPS) is 15.6. The summed E-state index contributed by atoms with van der Waals surface area (Å²) in [6, 6.07) is 14.2. The molecule has 1 unspecified atom stereocenters. The number of hydrogen-bond acceptors (Lipinski definition) is 4. The third-order valence-electron chi connectivity index (χ3n) is 4.70. The molecule has 0 bridgehead atoms. The molecule has 2 aromatic rings. The van der Waals surface area contributed by atoms with Crippen molar-refractivity contribution in [3.05, 3.63) is 76.7 Å². The van der Waals surface area contributed by atoms with Gasteiger partial charge < -0.3 is 9.84 Å². The number of carboxylic acid groups (broad SMARTS) is 1. The van der Waals surface area contributed by atoms with Gasteiger partial charge in [0, 0.05) is 17.4 Å². The van der Waals surface area contributed by atoms with Crippen LogP contribution in [0.2, 0.25) is 0 Å². The number of fused-ring (bicyclic) bond motifs is 1.